The molecule has 90 valence electrons. The highest BCUT2D eigenvalue weighted by molar-refractivity contribution is 5.37. The molecule has 0 aliphatic rings. The van der Waals surface area contributed by atoms with Gasteiger partial charge in [0.15, 0.2) is 0 Å². The van der Waals surface area contributed by atoms with Gasteiger partial charge in [0.25, 0.3) is 0 Å². The lowest BCUT2D eigenvalue weighted by molar-refractivity contribution is 0.0944. The maximum Gasteiger partial charge on any atom is 0.218 e. The fourth-order valence-electron chi connectivity index (χ4n) is 1.03. The van der Waals surface area contributed by atoms with E-state index in [0.717, 1.165) is 6.42 Å². The molecule has 1 aromatic heterocycles. The first kappa shape index (κ1) is 12.7. The number of nitrogens with zero attached hydrogens (tertiary/aromatic N) is 2. The van der Waals surface area contributed by atoms with Crippen LogP contribution in [-0.4, -0.2) is 33.8 Å². The summed E-state index contributed by atoms with van der Waals surface area (Å²) in [6.45, 7) is 6.57. The van der Waals surface area contributed by atoms with Gasteiger partial charge in [0, 0.05) is 12.6 Å². The van der Waals surface area contributed by atoms with Gasteiger partial charge in [-0.2, -0.15) is 0 Å². The molecule has 0 spiro atoms. The van der Waals surface area contributed by atoms with Gasteiger partial charge in [-0.15, -0.1) is 0 Å². The SMILES string of the molecule is CCCOc1cc(NCC(C)(C)O)ncn1. The summed E-state index contributed by atoms with van der Waals surface area (Å²) < 4.78 is 5.37. The number of ether oxygens (including phenoxy) is 1. The molecule has 0 aliphatic heterocycles. The van der Waals surface area contributed by atoms with E-state index in [9.17, 15) is 5.11 Å². The van der Waals surface area contributed by atoms with Crippen LogP contribution in [0.25, 0.3) is 0 Å². The molecule has 1 rings (SSSR count). The second kappa shape index (κ2) is 5.65. The molecule has 5 heteroatoms. The molecule has 0 atom stereocenters. The van der Waals surface area contributed by atoms with E-state index in [0.29, 0.717) is 24.8 Å². The first-order chi connectivity index (χ1) is 7.51. The molecule has 0 bridgehead atoms. The molecule has 0 fully saturated rings. The van der Waals surface area contributed by atoms with Crippen LogP contribution in [0, 0.1) is 0 Å². The Labute approximate surface area is 95.9 Å². The fraction of sp³-hybridized carbons (Fsp3) is 0.636. The minimum Gasteiger partial charge on any atom is -0.478 e. The van der Waals surface area contributed by atoms with Crippen molar-refractivity contribution in [3.63, 3.8) is 0 Å². The minimum absolute atomic E-state index is 0.428. The highest BCUT2D eigenvalue weighted by Crippen LogP contribution is 2.12. The topological polar surface area (TPSA) is 67.3 Å². The van der Waals surface area contributed by atoms with Crippen LogP contribution in [0.2, 0.25) is 0 Å². The second-order valence-electron chi connectivity index (χ2n) is 4.26. The zero-order valence-corrected chi connectivity index (χ0v) is 10.0. The summed E-state index contributed by atoms with van der Waals surface area (Å²) in [5, 5.41) is 12.6. The van der Waals surface area contributed by atoms with E-state index in [1.54, 1.807) is 19.9 Å². The van der Waals surface area contributed by atoms with Gasteiger partial charge in [0.2, 0.25) is 5.88 Å². The lowest BCUT2D eigenvalue weighted by Crippen LogP contribution is -2.29. The molecule has 0 aromatic carbocycles. The van der Waals surface area contributed by atoms with Crippen LogP contribution in [0.3, 0.4) is 0 Å². The monoisotopic (exact) mass is 225 g/mol. The normalized spacial score (nSPS) is 11.2. The smallest absolute Gasteiger partial charge is 0.218 e. The molecule has 2 N–H and O–H groups in total. The van der Waals surface area contributed by atoms with Crippen LogP contribution in [0.1, 0.15) is 27.2 Å². The number of hydrogen-bond acceptors (Lipinski definition) is 5. The number of aromatic nitrogens is 2. The van der Waals surface area contributed by atoms with Crippen molar-refractivity contribution in [1.82, 2.24) is 9.97 Å². The summed E-state index contributed by atoms with van der Waals surface area (Å²) in [5.41, 5.74) is -0.768. The summed E-state index contributed by atoms with van der Waals surface area (Å²) in [4.78, 5) is 8.02. The van der Waals surface area contributed by atoms with Crippen LogP contribution in [0.4, 0.5) is 5.82 Å². The Hall–Kier alpha value is -1.36. The van der Waals surface area contributed by atoms with Crippen LogP contribution >= 0.6 is 0 Å². The number of anilines is 1. The average molecular weight is 225 g/mol. The van der Waals surface area contributed by atoms with Gasteiger partial charge < -0.3 is 15.2 Å². The van der Waals surface area contributed by atoms with Gasteiger partial charge in [0.1, 0.15) is 12.1 Å². The van der Waals surface area contributed by atoms with Crippen LogP contribution in [0.15, 0.2) is 12.4 Å². The Kier molecular flexibility index (Phi) is 4.49. The Morgan fingerprint density at radius 2 is 2.19 bits per heavy atom. The Morgan fingerprint density at radius 1 is 1.44 bits per heavy atom. The molecule has 0 amide bonds. The van der Waals surface area contributed by atoms with E-state index in [1.807, 2.05) is 6.92 Å². The van der Waals surface area contributed by atoms with Crippen molar-refractivity contribution >= 4 is 5.82 Å². The molecule has 0 saturated heterocycles. The van der Waals surface area contributed by atoms with E-state index in [4.69, 9.17) is 4.74 Å². The Bertz CT molecular complexity index is 323. The fourth-order valence-corrected chi connectivity index (χ4v) is 1.03. The van der Waals surface area contributed by atoms with E-state index >= 15 is 0 Å². The number of nitrogens with one attached hydrogen (secondary N) is 1. The van der Waals surface area contributed by atoms with Crippen molar-refractivity contribution in [3.05, 3.63) is 12.4 Å². The van der Waals surface area contributed by atoms with Crippen molar-refractivity contribution in [3.8, 4) is 5.88 Å². The van der Waals surface area contributed by atoms with E-state index in [2.05, 4.69) is 15.3 Å². The summed E-state index contributed by atoms with van der Waals surface area (Å²) >= 11 is 0. The van der Waals surface area contributed by atoms with E-state index in [-0.39, 0.29) is 0 Å². The minimum atomic E-state index is -0.768. The van der Waals surface area contributed by atoms with Crippen LogP contribution < -0.4 is 10.1 Å². The van der Waals surface area contributed by atoms with Crippen molar-refractivity contribution in [1.29, 1.82) is 0 Å². The predicted octanol–water partition coefficient (Wildman–Crippen LogP) is 1.45. The first-order valence-corrected chi connectivity index (χ1v) is 5.42. The molecule has 0 saturated carbocycles. The molecule has 16 heavy (non-hydrogen) atoms. The van der Waals surface area contributed by atoms with Crippen molar-refractivity contribution in [2.75, 3.05) is 18.5 Å². The average Bonchev–Trinajstić information content (AvgIpc) is 2.23. The van der Waals surface area contributed by atoms with Crippen LogP contribution in [0.5, 0.6) is 5.88 Å². The highest BCUT2D eigenvalue weighted by atomic mass is 16.5. The third-order valence-corrected chi connectivity index (χ3v) is 1.80. The molecule has 0 unspecified atom stereocenters. The van der Waals surface area contributed by atoms with Crippen LogP contribution in [-0.2, 0) is 0 Å². The van der Waals surface area contributed by atoms with E-state index in [1.165, 1.54) is 6.33 Å². The molecule has 1 aromatic rings. The third-order valence-electron chi connectivity index (χ3n) is 1.80. The molecule has 1 heterocycles. The maximum atomic E-state index is 9.55. The van der Waals surface area contributed by atoms with Gasteiger partial charge in [0.05, 0.1) is 12.2 Å². The summed E-state index contributed by atoms with van der Waals surface area (Å²) in [6.07, 6.45) is 2.38. The first-order valence-electron chi connectivity index (χ1n) is 5.42. The van der Waals surface area contributed by atoms with Gasteiger partial charge in [-0.25, -0.2) is 9.97 Å². The lowest BCUT2D eigenvalue weighted by Gasteiger charge is -2.18. The molecule has 5 nitrogen and oxygen atoms in total. The molecular weight excluding hydrogens is 206 g/mol. The van der Waals surface area contributed by atoms with Gasteiger partial charge in [-0.1, -0.05) is 6.92 Å². The zero-order chi connectivity index (χ0) is 12.0. The summed E-state index contributed by atoms with van der Waals surface area (Å²) in [7, 11) is 0. The van der Waals surface area contributed by atoms with Crippen molar-refractivity contribution in [2.24, 2.45) is 0 Å². The standard InChI is InChI=1S/C11H19N3O2/c1-4-5-16-10-6-9(13-8-14-10)12-7-11(2,3)15/h6,8,15H,4-5,7H2,1-3H3,(H,12,13,14). The number of hydrogen-bond donors (Lipinski definition) is 2. The van der Waals surface area contributed by atoms with E-state index < -0.39 is 5.60 Å². The summed E-state index contributed by atoms with van der Waals surface area (Å²) in [6, 6.07) is 1.72. The number of aliphatic hydroxyl groups is 1. The zero-order valence-electron chi connectivity index (χ0n) is 10.0. The van der Waals surface area contributed by atoms with Gasteiger partial charge >= 0.3 is 0 Å². The second-order valence-corrected chi connectivity index (χ2v) is 4.26. The van der Waals surface area contributed by atoms with Gasteiger partial charge in [-0.3, -0.25) is 0 Å². The Balaban J connectivity index is 2.53. The number of rotatable bonds is 6. The lowest BCUT2D eigenvalue weighted by atomic mass is 10.1. The Morgan fingerprint density at radius 3 is 2.81 bits per heavy atom. The molecular formula is C11H19N3O2. The quantitative estimate of drug-likeness (QED) is 0.767. The highest BCUT2D eigenvalue weighted by Gasteiger charge is 2.12. The van der Waals surface area contributed by atoms with Crippen molar-refractivity contribution < 1.29 is 9.84 Å². The maximum absolute atomic E-state index is 9.55. The third kappa shape index (κ3) is 4.93. The van der Waals surface area contributed by atoms with Crippen molar-refractivity contribution in [2.45, 2.75) is 32.8 Å². The largest absolute Gasteiger partial charge is 0.478 e. The summed E-state index contributed by atoms with van der Waals surface area (Å²) in [5.74, 6) is 1.21. The molecule has 0 aliphatic carbocycles. The molecule has 0 radical (unpaired) electrons. The van der Waals surface area contributed by atoms with Gasteiger partial charge in [-0.05, 0) is 20.3 Å². The predicted molar refractivity (Wildman–Crippen MR) is 62.6 cm³/mol.